The van der Waals surface area contributed by atoms with E-state index in [1.165, 1.54) is 6.92 Å². The van der Waals surface area contributed by atoms with Crippen LogP contribution in [0, 0.1) is 5.92 Å². The lowest BCUT2D eigenvalue weighted by atomic mass is 9.92. The number of ether oxygens (including phenoxy) is 1. The van der Waals surface area contributed by atoms with E-state index >= 15 is 0 Å². The molecule has 1 unspecified atom stereocenters. The number of esters is 1. The van der Waals surface area contributed by atoms with Crippen molar-refractivity contribution in [1.82, 2.24) is 0 Å². The highest BCUT2D eigenvalue weighted by Crippen LogP contribution is 2.50. The summed E-state index contributed by atoms with van der Waals surface area (Å²) in [7, 11) is 0. The summed E-state index contributed by atoms with van der Waals surface area (Å²) in [6.07, 6.45) is -7.28. The minimum absolute atomic E-state index is 0.101. The fourth-order valence-corrected chi connectivity index (χ4v) is 1.93. The van der Waals surface area contributed by atoms with Crippen molar-refractivity contribution in [2.75, 3.05) is 6.61 Å². The summed E-state index contributed by atoms with van der Waals surface area (Å²) in [5, 5.41) is 3.21. The Labute approximate surface area is 149 Å². The summed E-state index contributed by atoms with van der Waals surface area (Å²) in [6, 6.07) is 8.38. The molecule has 0 fully saturated rings. The summed E-state index contributed by atoms with van der Waals surface area (Å²) in [4.78, 5) is 16.3. The van der Waals surface area contributed by atoms with Crippen LogP contribution in [-0.2, 0) is 21.0 Å². The molecule has 1 aromatic rings. The van der Waals surface area contributed by atoms with E-state index in [2.05, 4.69) is 9.89 Å². The Morgan fingerprint density at radius 1 is 1.11 bits per heavy atom. The van der Waals surface area contributed by atoms with Gasteiger partial charge in [-0.15, -0.1) is 0 Å². The maximum absolute atomic E-state index is 13.8. The van der Waals surface area contributed by atoms with Gasteiger partial charge in [0.25, 0.3) is 0 Å². The van der Waals surface area contributed by atoms with Crippen molar-refractivity contribution in [3.05, 3.63) is 35.9 Å². The first-order valence-corrected chi connectivity index (χ1v) is 7.61. The molecule has 0 bridgehead atoms. The van der Waals surface area contributed by atoms with Crippen molar-refractivity contribution >= 4 is 12.2 Å². The first kappa shape index (κ1) is 22.7. The van der Waals surface area contributed by atoms with Crippen LogP contribution in [0.25, 0.3) is 0 Å². The van der Waals surface area contributed by atoms with Crippen LogP contribution in [0.4, 0.5) is 30.7 Å². The number of carbonyl (C=O) groups excluding carboxylic acids is 1. The molecular formula is C16H16F7NO3. The van der Waals surface area contributed by atoms with Crippen LogP contribution >= 0.6 is 0 Å². The first-order valence-electron chi connectivity index (χ1n) is 7.61. The fraction of sp³-hybridized carbons (Fsp3) is 0.500. The number of halogens is 7. The average molecular weight is 403 g/mol. The molecule has 0 aromatic heterocycles. The van der Waals surface area contributed by atoms with Gasteiger partial charge in [0, 0.05) is 12.6 Å². The molecule has 152 valence electrons. The van der Waals surface area contributed by atoms with E-state index in [-0.39, 0.29) is 6.61 Å². The third-order valence-corrected chi connectivity index (χ3v) is 3.35. The highest BCUT2D eigenvalue weighted by atomic mass is 19.4. The quantitative estimate of drug-likeness (QED) is 0.262. The molecule has 0 spiro atoms. The molecule has 0 aliphatic heterocycles. The summed E-state index contributed by atoms with van der Waals surface area (Å²) in [5.74, 6) is -17.2. The van der Waals surface area contributed by atoms with Crippen LogP contribution in [0.1, 0.15) is 18.9 Å². The van der Waals surface area contributed by atoms with Crippen LogP contribution in [0.5, 0.6) is 0 Å². The van der Waals surface area contributed by atoms with E-state index in [4.69, 9.17) is 4.84 Å². The average Bonchev–Trinajstić information content (AvgIpc) is 2.57. The number of rotatable bonds is 9. The molecule has 0 aliphatic carbocycles. The molecule has 4 nitrogen and oxygen atoms in total. The van der Waals surface area contributed by atoms with Crippen molar-refractivity contribution in [2.24, 2.45) is 11.1 Å². The smallest absolute Gasteiger partial charge is 0.459 e. The summed E-state index contributed by atoms with van der Waals surface area (Å²) < 4.78 is 95.3. The van der Waals surface area contributed by atoms with Crippen molar-refractivity contribution in [3.8, 4) is 0 Å². The lowest BCUT2D eigenvalue weighted by Crippen LogP contribution is -2.57. The minimum Gasteiger partial charge on any atom is -0.466 e. The van der Waals surface area contributed by atoms with E-state index < -0.39 is 42.9 Å². The van der Waals surface area contributed by atoms with Gasteiger partial charge in [-0.1, -0.05) is 35.5 Å². The SMILES string of the molecule is CCOC(=O)C(C/C=N/OCc1ccccc1)C(F)(F)C(F)(F)C(F)(F)F. The van der Waals surface area contributed by atoms with Crippen molar-refractivity contribution in [3.63, 3.8) is 0 Å². The Balaban J connectivity index is 2.88. The van der Waals surface area contributed by atoms with E-state index in [1.807, 2.05) is 0 Å². The second kappa shape index (κ2) is 9.05. The number of oxime groups is 1. The molecule has 0 N–H and O–H groups in total. The van der Waals surface area contributed by atoms with E-state index in [1.54, 1.807) is 30.3 Å². The van der Waals surface area contributed by atoms with Crippen molar-refractivity contribution < 1.29 is 45.1 Å². The molecular weight excluding hydrogens is 387 g/mol. The van der Waals surface area contributed by atoms with Gasteiger partial charge in [-0.2, -0.15) is 30.7 Å². The molecule has 1 rings (SSSR count). The van der Waals surface area contributed by atoms with Gasteiger partial charge in [0.15, 0.2) is 0 Å². The summed E-state index contributed by atoms with van der Waals surface area (Å²) in [5.41, 5.74) is 0.644. The highest BCUT2D eigenvalue weighted by molar-refractivity contribution is 5.77. The molecule has 0 saturated carbocycles. The Morgan fingerprint density at radius 3 is 2.22 bits per heavy atom. The normalized spacial score (nSPS) is 14.2. The van der Waals surface area contributed by atoms with Gasteiger partial charge in [-0.25, -0.2) is 0 Å². The van der Waals surface area contributed by atoms with Crippen LogP contribution in [0.2, 0.25) is 0 Å². The van der Waals surface area contributed by atoms with Crippen molar-refractivity contribution in [1.29, 1.82) is 0 Å². The highest BCUT2D eigenvalue weighted by Gasteiger charge is 2.76. The second-order valence-electron chi connectivity index (χ2n) is 5.28. The number of benzene rings is 1. The standard InChI is InChI=1S/C16H16F7NO3/c1-2-26-13(25)12(14(17,18)15(19,20)16(21,22)23)8-9-24-27-10-11-6-4-3-5-7-11/h3-7,9,12H,2,8,10H2,1H3/b24-9+. The third-order valence-electron chi connectivity index (χ3n) is 3.35. The van der Waals surface area contributed by atoms with Crippen LogP contribution in [0.3, 0.4) is 0 Å². The zero-order valence-corrected chi connectivity index (χ0v) is 14.0. The van der Waals surface area contributed by atoms with Gasteiger partial charge in [0.05, 0.1) is 6.61 Å². The van der Waals surface area contributed by atoms with Crippen LogP contribution in [0.15, 0.2) is 35.5 Å². The van der Waals surface area contributed by atoms with Gasteiger partial charge in [-0.3, -0.25) is 4.79 Å². The van der Waals surface area contributed by atoms with Gasteiger partial charge in [-0.05, 0) is 12.5 Å². The predicted octanol–water partition coefficient (Wildman–Crippen LogP) is 4.59. The molecule has 1 aromatic carbocycles. The Hall–Kier alpha value is -2.33. The molecule has 1 atom stereocenters. The van der Waals surface area contributed by atoms with E-state index in [0.717, 1.165) is 0 Å². The number of carbonyl (C=O) groups is 1. The van der Waals surface area contributed by atoms with E-state index in [0.29, 0.717) is 11.8 Å². The summed E-state index contributed by atoms with van der Waals surface area (Å²) in [6.45, 7) is 0.604. The Kier molecular flexibility index (Phi) is 7.61. The second-order valence-corrected chi connectivity index (χ2v) is 5.28. The molecule has 0 aliphatic rings. The fourth-order valence-electron chi connectivity index (χ4n) is 1.93. The van der Waals surface area contributed by atoms with Crippen LogP contribution < -0.4 is 0 Å². The minimum atomic E-state index is -6.55. The molecule has 0 heterocycles. The first-order chi connectivity index (χ1) is 12.4. The van der Waals surface area contributed by atoms with Gasteiger partial charge in [0.2, 0.25) is 0 Å². The maximum Gasteiger partial charge on any atom is 0.459 e. The molecule has 11 heteroatoms. The van der Waals surface area contributed by atoms with Gasteiger partial charge in [0.1, 0.15) is 12.5 Å². The molecule has 0 saturated heterocycles. The van der Waals surface area contributed by atoms with Gasteiger partial charge < -0.3 is 9.57 Å². The lowest BCUT2D eigenvalue weighted by Gasteiger charge is -2.32. The predicted molar refractivity (Wildman–Crippen MR) is 80.4 cm³/mol. The third kappa shape index (κ3) is 5.57. The Bertz CT molecular complexity index is 633. The topological polar surface area (TPSA) is 47.9 Å². The number of nitrogens with zero attached hydrogens (tertiary/aromatic N) is 1. The molecule has 0 radical (unpaired) electrons. The van der Waals surface area contributed by atoms with Gasteiger partial charge >= 0.3 is 24.0 Å². The lowest BCUT2D eigenvalue weighted by molar-refractivity contribution is -0.363. The Morgan fingerprint density at radius 2 is 1.70 bits per heavy atom. The number of hydrogen-bond acceptors (Lipinski definition) is 4. The largest absolute Gasteiger partial charge is 0.466 e. The maximum atomic E-state index is 13.8. The number of alkyl halides is 7. The monoisotopic (exact) mass is 403 g/mol. The van der Waals surface area contributed by atoms with E-state index in [9.17, 15) is 35.5 Å². The number of hydrogen-bond donors (Lipinski definition) is 0. The molecule has 0 amide bonds. The molecule has 27 heavy (non-hydrogen) atoms. The zero-order valence-electron chi connectivity index (χ0n) is 14.0. The summed E-state index contributed by atoms with van der Waals surface area (Å²) >= 11 is 0. The zero-order chi connectivity index (χ0) is 20.7. The van der Waals surface area contributed by atoms with Crippen LogP contribution in [-0.4, -0.2) is 36.8 Å². The van der Waals surface area contributed by atoms with Crippen molar-refractivity contribution in [2.45, 2.75) is 38.0 Å².